The van der Waals surface area contributed by atoms with Crippen LogP contribution in [0.25, 0.3) is 16.6 Å². The molecule has 1 atom stereocenters. The van der Waals surface area contributed by atoms with Crippen molar-refractivity contribution in [1.29, 1.82) is 0 Å². The van der Waals surface area contributed by atoms with Crippen LogP contribution in [0.15, 0.2) is 59.7 Å². The topological polar surface area (TPSA) is 87.1 Å². The van der Waals surface area contributed by atoms with E-state index in [0.717, 1.165) is 17.7 Å². The summed E-state index contributed by atoms with van der Waals surface area (Å²) < 4.78 is 1.72. The van der Waals surface area contributed by atoms with Gasteiger partial charge in [-0.25, -0.2) is 9.67 Å². The molecule has 1 aliphatic heterocycles. The molecule has 1 fully saturated rings. The Hall–Kier alpha value is -3.65. The molecular weight excluding hydrogens is 452 g/mol. The van der Waals surface area contributed by atoms with E-state index in [4.69, 9.17) is 11.6 Å². The number of carbonyl (C=O) groups is 1. The Bertz CT molecular complexity index is 1410. The molecule has 174 valence electrons. The van der Waals surface area contributed by atoms with Crippen LogP contribution >= 0.6 is 11.6 Å². The number of fused-ring (bicyclic) bond motifs is 1. The molecule has 4 aromatic rings. The van der Waals surface area contributed by atoms with Crippen LogP contribution in [-0.2, 0) is 0 Å². The van der Waals surface area contributed by atoms with Crippen molar-refractivity contribution >= 4 is 34.4 Å². The number of aryl methyl sites for hydroxylation is 1. The van der Waals surface area contributed by atoms with Crippen molar-refractivity contribution in [3.8, 4) is 5.69 Å². The Morgan fingerprint density at radius 2 is 2.00 bits per heavy atom. The van der Waals surface area contributed by atoms with Gasteiger partial charge in [0, 0.05) is 38.1 Å². The molecule has 3 heterocycles. The molecule has 1 unspecified atom stereocenters. The lowest BCUT2D eigenvalue weighted by atomic mass is 10.1. The van der Waals surface area contributed by atoms with Crippen LogP contribution in [0.1, 0.15) is 29.3 Å². The number of anilines is 1. The molecule has 1 saturated heterocycles. The Kier molecular flexibility index (Phi) is 5.83. The maximum Gasteiger partial charge on any atom is 0.261 e. The maximum absolute atomic E-state index is 13.7. The minimum atomic E-state index is -0.264. The number of carbonyl (C=O) groups excluding carboxylic acids is 1. The lowest BCUT2D eigenvalue weighted by Gasteiger charge is -2.28. The van der Waals surface area contributed by atoms with Gasteiger partial charge in [-0.1, -0.05) is 29.3 Å². The van der Waals surface area contributed by atoms with Gasteiger partial charge in [-0.3, -0.25) is 14.6 Å². The molecule has 9 heteroatoms. The third-order valence-electron chi connectivity index (χ3n) is 6.32. The van der Waals surface area contributed by atoms with E-state index in [-0.39, 0.29) is 17.5 Å². The second-order valence-corrected chi connectivity index (χ2v) is 9.03. The summed E-state index contributed by atoms with van der Waals surface area (Å²) in [6, 6.07) is 12.9. The Balaban J connectivity index is 1.43. The molecule has 8 nitrogen and oxygen atoms in total. The van der Waals surface area contributed by atoms with E-state index in [2.05, 4.69) is 22.0 Å². The zero-order valence-electron chi connectivity index (χ0n) is 19.0. The predicted molar refractivity (Wildman–Crippen MR) is 133 cm³/mol. The van der Waals surface area contributed by atoms with Gasteiger partial charge in [-0.2, -0.15) is 5.10 Å². The predicted octanol–water partition coefficient (Wildman–Crippen LogP) is 3.81. The number of benzene rings is 2. The number of H-pyrrole nitrogens is 1. The molecule has 0 bridgehead atoms. The number of nitrogens with zero attached hydrogens (tertiary/aromatic N) is 5. The summed E-state index contributed by atoms with van der Waals surface area (Å²) in [6.07, 6.45) is 4.28. The molecule has 1 N–H and O–H groups in total. The first-order chi connectivity index (χ1) is 16.4. The average molecular weight is 477 g/mol. The van der Waals surface area contributed by atoms with E-state index in [0.29, 0.717) is 47.1 Å². The van der Waals surface area contributed by atoms with E-state index in [1.807, 2.05) is 47.2 Å². The molecule has 0 radical (unpaired) electrons. The minimum absolute atomic E-state index is 0.0186. The molecule has 2 aromatic heterocycles. The summed E-state index contributed by atoms with van der Waals surface area (Å²) >= 11 is 6.19. The summed E-state index contributed by atoms with van der Waals surface area (Å²) in [5, 5.41) is 5.09. The van der Waals surface area contributed by atoms with Crippen LogP contribution in [0, 0.1) is 6.92 Å². The molecule has 2 aromatic carbocycles. The summed E-state index contributed by atoms with van der Waals surface area (Å²) in [4.78, 5) is 37.8. The summed E-state index contributed by atoms with van der Waals surface area (Å²) in [5.41, 5.74) is 2.68. The van der Waals surface area contributed by atoms with Crippen molar-refractivity contribution < 1.29 is 4.79 Å². The van der Waals surface area contributed by atoms with Gasteiger partial charge in [0.25, 0.3) is 11.5 Å². The lowest BCUT2D eigenvalue weighted by molar-refractivity contribution is 0.0705. The summed E-state index contributed by atoms with van der Waals surface area (Å²) in [5.74, 6) is 0.462. The van der Waals surface area contributed by atoms with E-state index in [1.54, 1.807) is 29.1 Å². The molecule has 1 amide bonds. The van der Waals surface area contributed by atoms with Crippen LogP contribution in [0.2, 0.25) is 5.02 Å². The van der Waals surface area contributed by atoms with Gasteiger partial charge in [0.1, 0.15) is 0 Å². The average Bonchev–Trinajstić information content (AvgIpc) is 3.28. The maximum atomic E-state index is 13.7. The van der Waals surface area contributed by atoms with Gasteiger partial charge >= 0.3 is 0 Å². The molecule has 34 heavy (non-hydrogen) atoms. The van der Waals surface area contributed by atoms with E-state index in [9.17, 15) is 9.59 Å². The molecule has 0 aliphatic carbocycles. The number of nitrogens with one attached hydrogen (secondary N) is 1. The van der Waals surface area contributed by atoms with Crippen LogP contribution in [0.4, 0.5) is 5.95 Å². The van der Waals surface area contributed by atoms with Gasteiger partial charge in [0.2, 0.25) is 5.95 Å². The number of rotatable bonds is 3. The monoisotopic (exact) mass is 476 g/mol. The second kappa shape index (κ2) is 8.95. The Morgan fingerprint density at radius 1 is 1.15 bits per heavy atom. The first-order valence-electron chi connectivity index (χ1n) is 11.3. The molecule has 0 spiro atoms. The van der Waals surface area contributed by atoms with Crippen molar-refractivity contribution in [3.05, 3.63) is 81.4 Å². The van der Waals surface area contributed by atoms with Crippen molar-refractivity contribution in [3.63, 3.8) is 0 Å². The van der Waals surface area contributed by atoms with Crippen LogP contribution in [-0.4, -0.2) is 56.2 Å². The van der Waals surface area contributed by atoms with Gasteiger partial charge < -0.3 is 9.80 Å². The Labute approximate surface area is 201 Å². The van der Waals surface area contributed by atoms with Crippen LogP contribution in [0.5, 0.6) is 0 Å². The first kappa shape index (κ1) is 22.2. The SMILES string of the molecule is Cc1ccc(-n2cccn2)c(C(=O)N2CCN(c3nc4cccc(Cl)c4c(=O)[nH]3)CCC2C)c1. The third-order valence-corrected chi connectivity index (χ3v) is 6.64. The van der Waals surface area contributed by atoms with Crippen molar-refractivity contribution in [1.82, 2.24) is 24.6 Å². The first-order valence-corrected chi connectivity index (χ1v) is 11.7. The van der Waals surface area contributed by atoms with Gasteiger partial charge in [0.15, 0.2) is 0 Å². The third kappa shape index (κ3) is 4.05. The highest BCUT2D eigenvalue weighted by Crippen LogP contribution is 2.24. The summed E-state index contributed by atoms with van der Waals surface area (Å²) in [6.45, 7) is 5.75. The Morgan fingerprint density at radius 3 is 2.79 bits per heavy atom. The number of hydrogen-bond donors (Lipinski definition) is 1. The highest BCUT2D eigenvalue weighted by Gasteiger charge is 2.28. The molecular formula is C25H25ClN6O2. The van der Waals surface area contributed by atoms with E-state index >= 15 is 0 Å². The van der Waals surface area contributed by atoms with Gasteiger partial charge in [0.05, 0.1) is 27.2 Å². The number of amides is 1. The molecule has 1 aliphatic rings. The lowest BCUT2D eigenvalue weighted by Crippen LogP contribution is -2.40. The smallest absolute Gasteiger partial charge is 0.261 e. The fraction of sp³-hybridized carbons (Fsp3) is 0.280. The van der Waals surface area contributed by atoms with Gasteiger partial charge in [-0.05, 0) is 50.6 Å². The number of aromatic amines is 1. The highest BCUT2D eigenvalue weighted by molar-refractivity contribution is 6.35. The summed E-state index contributed by atoms with van der Waals surface area (Å²) in [7, 11) is 0. The standard InChI is InChI=1S/C25H25ClN6O2/c1-16-7-8-21(32-11-4-10-27-32)18(15-16)24(34)31-14-13-30(12-9-17(31)2)25-28-20-6-3-5-19(26)22(20)23(33)29-25/h3-8,10-11,15,17H,9,12-14H2,1-2H3,(H,28,29,33). The van der Waals surface area contributed by atoms with E-state index in [1.165, 1.54) is 0 Å². The number of hydrogen-bond acceptors (Lipinski definition) is 5. The second-order valence-electron chi connectivity index (χ2n) is 8.62. The normalized spacial score (nSPS) is 16.6. The van der Waals surface area contributed by atoms with Crippen LogP contribution < -0.4 is 10.5 Å². The highest BCUT2D eigenvalue weighted by atomic mass is 35.5. The molecule has 0 saturated carbocycles. The minimum Gasteiger partial charge on any atom is -0.340 e. The largest absolute Gasteiger partial charge is 0.340 e. The zero-order chi connectivity index (χ0) is 23.8. The van der Waals surface area contributed by atoms with Crippen molar-refractivity contribution in [2.45, 2.75) is 26.3 Å². The molecule has 5 rings (SSSR count). The van der Waals surface area contributed by atoms with E-state index < -0.39 is 0 Å². The van der Waals surface area contributed by atoms with Crippen LogP contribution in [0.3, 0.4) is 0 Å². The number of aromatic nitrogens is 4. The fourth-order valence-corrected chi connectivity index (χ4v) is 4.70. The zero-order valence-corrected chi connectivity index (χ0v) is 19.8. The van der Waals surface area contributed by atoms with Crippen molar-refractivity contribution in [2.24, 2.45) is 0 Å². The number of halogens is 1. The fourth-order valence-electron chi connectivity index (χ4n) is 4.45. The van der Waals surface area contributed by atoms with Gasteiger partial charge in [-0.15, -0.1) is 0 Å². The quantitative estimate of drug-likeness (QED) is 0.486. The van der Waals surface area contributed by atoms with Crippen molar-refractivity contribution in [2.75, 3.05) is 24.5 Å².